The van der Waals surface area contributed by atoms with Crippen LogP contribution in [0.2, 0.25) is 0 Å². The van der Waals surface area contributed by atoms with Crippen molar-refractivity contribution in [3.05, 3.63) is 11.9 Å². The quantitative estimate of drug-likeness (QED) is 0.674. The molecule has 1 aliphatic carbocycles. The molecule has 118 valence electrons. The molecule has 0 aromatic carbocycles. The molecular formula is C14H24N4O3. The first kappa shape index (κ1) is 15.9. The number of carboxylic acid groups (broad SMARTS) is 1. The van der Waals surface area contributed by atoms with Crippen molar-refractivity contribution in [2.24, 2.45) is 5.41 Å². The maximum atomic E-state index is 10.7. The van der Waals surface area contributed by atoms with Gasteiger partial charge in [-0.3, -0.25) is 4.68 Å². The van der Waals surface area contributed by atoms with Crippen molar-refractivity contribution >= 4 is 5.97 Å². The molecular weight excluding hydrogens is 272 g/mol. The summed E-state index contributed by atoms with van der Waals surface area (Å²) < 4.78 is 1.49. The van der Waals surface area contributed by atoms with Gasteiger partial charge in [-0.25, -0.2) is 4.79 Å². The number of nitrogens with one attached hydrogen (secondary N) is 1. The van der Waals surface area contributed by atoms with Crippen LogP contribution in [-0.2, 0) is 6.54 Å². The van der Waals surface area contributed by atoms with E-state index in [0.29, 0.717) is 25.0 Å². The average Bonchev–Trinajstić information content (AvgIpc) is 2.88. The Morgan fingerprint density at radius 1 is 1.38 bits per heavy atom. The SMILES string of the molecule is CC1(C)CCC(O)(CNCCn2cc(C(=O)O)nn2)CC1. The third-order valence-electron chi connectivity index (χ3n) is 4.26. The number of aromatic nitrogens is 3. The van der Waals surface area contributed by atoms with Crippen LogP contribution >= 0.6 is 0 Å². The van der Waals surface area contributed by atoms with Gasteiger partial charge in [0.05, 0.1) is 18.3 Å². The van der Waals surface area contributed by atoms with E-state index in [9.17, 15) is 9.90 Å². The van der Waals surface area contributed by atoms with Crippen molar-refractivity contribution in [3.63, 3.8) is 0 Å². The highest BCUT2D eigenvalue weighted by atomic mass is 16.4. The highest BCUT2D eigenvalue weighted by Crippen LogP contribution is 2.39. The van der Waals surface area contributed by atoms with Crippen molar-refractivity contribution in [2.45, 2.75) is 51.7 Å². The Morgan fingerprint density at radius 2 is 2.05 bits per heavy atom. The molecule has 21 heavy (non-hydrogen) atoms. The zero-order chi connectivity index (χ0) is 15.5. The van der Waals surface area contributed by atoms with Crippen LogP contribution in [0.3, 0.4) is 0 Å². The Morgan fingerprint density at radius 3 is 2.62 bits per heavy atom. The number of carboxylic acids is 1. The first-order valence-corrected chi connectivity index (χ1v) is 7.36. The van der Waals surface area contributed by atoms with Crippen molar-refractivity contribution in [2.75, 3.05) is 13.1 Å². The second-order valence-corrected chi connectivity index (χ2v) is 6.74. The zero-order valence-electron chi connectivity index (χ0n) is 12.7. The molecule has 0 atom stereocenters. The molecule has 1 fully saturated rings. The number of aromatic carboxylic acids is 1. The van der Waals surface area contributed by atoms with Crippen LogP contribution in [0.15, 0.2) is 6.20 Å². The summed E-state index contributed by atoms with van der Waals surface area (Å²) in [4.78, 5) is 10.7. The van der Waals surface area contributed by atoms with Gasteiger partial charge >= 0.3 is 5.97 Å². The predicted molar refractivity (Wildman–Crippen MR) is 77.0 cm³/mol. The fraction of sp³-hybridized carbons (Fsp3) is 0.786. The zero-order valence-corrected chi connectivity index (χ0v) is 12.7. The van der Waals surface area contributed by atoms with E-state index in [0.717, 1.165) is 25.7 Å². The topological polar surface area (TPSA) is 100 Å². The van der Waals surface area contributed by atoms with Crippen LogP contribution < -0.4 is 5.32 Å². The first-order chi connectivity index (χ1) is 9.80. The minimum absolute atomic E-state index is 0.0526. The van der Waals surface area contributed by atoms with Gasteiger partial charge in [0.15, 0.2) is 5.69 Å². The minimum atomic E-state index is -1.08. The van der Waals surface area contributed by atoms with Crippen molar-refractivity contribution < 1.29 is 15.0 Å². The van der Waals surface area contributed by atoms with Crippen LogP contribution in [0.4, 0.5) is 0 Å². The van der Waals surface area contributed by atoms with Gasteiger partial charge in [0, 0.05) is 13.1 Å². The van der Waals surface area contributed by atoms with Gasteiger partial charge < -0.3 is 15.5 Å². The Labute approximate surface area is 124 Å². The van der Waals surface area contributed by atoms with E-state index in [1.165, 1.54) is 10.9 Å². The van der Waals surface area contributed by atoms with E-state index in [1.54, 1.807) is 0 Å². The summed E-state index contributed by atoms with van der Waals surface area (Å²) >= 11 is 0. The number of nitrogens with zero attached hydrogens (tertiary/aromatic N) is 3. The van der Waals surface area contributed by atoms with Crippen LogP contribution in [0.1, 0.15) is 50.0 Å². The lowest BCUT2D eigenvalue weighted by atomic mass is 9.71. The molecule has 0 spiro atoms. The largest absolute Gasteiger partial charge is 0.476 e. The van der Waals surface area contributed by atoms with Gasteiger partial charge in [-0.2, -0.15) is 0 Å². The van der Waals surface area contributed by atoms with Crippen molar-refractivity contribution in [3.8, 4) is 0 Å². The van der Waals surface area contributed by atoms with Gasteiger partial charge in [-0.1, -0.05) is 19.1 Å². The molecule has 1 saturated carbocycles. The maximum Gasteiger partial charge on any atom is 0.358 e. The standard InChI is InChI=1S/C14H24N4O3/c1-13(2)3-5-14(21,6-4-13)10-15-7-8-18-9-11(12(19)20)16-17-18/h9,15,21H,3-8,10H2,1-2H3,(H,19,20). The van der Waals surface area contributed by atoms with Gasteiger partial charge in [0.2, 0.25) is 0 Å². The Balaban J connectivity index is 1.70. The third kappa shape index (κ3) is 4.50. The molecule has 0 radical (unpaired) electrons. The second-order valence-electron chi connectivity index (χ2n) is 6.74. The summed E-state index contributed by atoms with van der Waals surface area (Å²) in [5.74, 6) is -1.08. The average molecular weight is 296 g/mol. The molecule has 1 aromatic heterocycles. The third-order valence-corrected chi connectivity index (χ3v) is 4.26. The summed E-state index contributed by atoms with van der Waals surface area (Å²) in [5.41, 5.74) is -0.340. The molecule has 3 N–H and O–H groups in total. The summed E-state index contributed by atoms with van der Waals surface area (Å²) in [6, 6.07) is 0. The summed E-state index contributed by atoms with van der Waals surface area (Å²) in [5, 5.41) is 29.8. The fourth-order valence-corrected chi connectivity index (χ4v) is 2.59. The van der Waals surface area contributed by atoms with E-state index in [4.69, 9.17) is 5.11 Å². The summed E-state index contributed by atoms with van der Waals surface area (Å²) in [7, 11) is 0. The monoisotopic (exact) mass is 296 g/mol. The smallest absolute Gasteiger partial charge is 0.358 e. The number of rotatable bonds is 6. The Hall–Kier alpha value is -1.47. The van der Waals surface area contributed by atoms with Crippen LogP contribution in [0.5, 0.6) is 0 Å². The normalized spacial score (nSPS) is 20.3. The number of carbonyl (C=O) groups is 1. The summed E-state index contributed by atoms with van der Waals surface area (Å²) in [6.07, 6.45) is 5.12. The number of hydrogen-bond acceptors (Lipinski definition) is 5. The fourth-order valence-electron chi connectivity index (χ4n) is 2.59. The number of hydrogen-bond donors (Lipinski definition) is 3. The highest BCUT2D eigenvalue weighted by molar-refractivity contribution is 5.84. The van der Waals surface area contributed by atoms with Crippen LogP contribution in [0, 0.1) is 5.41 Å². The molecule has 1 aliphatic rings. The second kappa shape index (κ2) is 6.11. The molecule has 0 unspecified atom stereocenters. The Kier molecular flexibility index (Phi) is 4.63. The number of aliphatic hydroxyl groups is 1. The van der Waals surface area contributed by atoms with E-state index >= 15 is 0 Å². The molecule has 0 amide bonds. The van der Waals surface area contributed by atoms with Crippen LogP contribution in [-0.4, -0.2) is 49.9 Å². The lowest BCUT2D eigenvalue weighted by Crippen LogP contribution is -2.45. The lowest BCUT2D eigenvalue weighted by Gasteiger charge is -2.40. The molecule has 7 heteroatoms. The molecule has 2 rings (SSSR count). The molecule has 0 aliphatic heterocycles. The van der Waals surface area contributed by atoms with E-state index in [1.807, 2.05) is 0 Å². The van der Waals surface area contributed by atoms with Crippen molar-refractivity contribution in [1.82, 2.24) is 20.3 Å². The highest BCUT2D eigenvalue weighted by Gasteiger charge is 2.36. The first-order valence-electron chi connectivity index (χ1n) is 7.36. The predicted octanol–water partition coefficient (Wildman–Crippen LogP) is 0.897. The minimum Gasteiger partial charge on any atom is -0.476 e. The molecule has 7 nitrogen and oxygen atoms in total. The molecule has 0 bridgehead atoms. The van der Waals surface area contributed by atoms with Crippen molar-refractivity contribution in [1.29, 1.82) is 0 Å². The van der Waals surface area contributed by atoms with Gasteiger partial charge in [-0.15, -0.1) is 5.10 Å². The van der Waals surface area contributed by atoms with Gasteiger partial charge in [0.25, 0.3) is 0 Å². The van der Waals surface area contributed by atoms with Gasteiger partial charge in [0.1, 0.15) is 0 Å². The molecule has 0 saturated heterocycles. The molecule has 1 heterocycles. The van der Waals surface area contributed by atoms with E-state index in [-0.39, 0.29) is 5.69 Å². The molecule has 1 aromatic rings. The Bertz CT molecular complexity index is 488. The van der Waals surface area contributed by atoms with Gasteiger partial charge in [-0.05, 0) is 31.1 Å². The lowest BCUT2D eigenvalue weighted by molar-refractivity contribution is -0.0243. The summed E-state index contributed by atoms with van der Waals surface area (Å²) in [6.45, 7) is 6.19. The van der Waals surface area contributed by atoms with E-state index in [2.05, 4.69) is 29.5 Å². The van der Waals surface area contributed by atoms with Crippen LogP contribution in [0.25, 0.3) is 0 Å². The van der Waals surface area contributed by atoms with E-state index < -0.39 is 11.6 Å². The maximum absolute atomic E-state index is 10.7.